The molecule has 1 saturated heterocycles. The number of hydrogen-bond donors (Lipinski definition) is 2. The Morgan fingerprint density at radius 1 is 0.867 bits per heavy atom. The van der Waals surface area contributed by atoms with E-state index in [0.717, 1.165) is 25.2 Å². The lowest BCUT2D eigenvalue weighted by Crippen LogP contribution is -2.37. The summed E-state index contributed by atoms with van der Waals surface area (Å²) in [4.78, 5) is 15.8. The van der Waals surface area contributed by atoms with Crippen LogP contribution in [-0.2, 0) is 11.2 Å². The highest BCUT2D eigenvalue weighted by Gasteiger charge is 2.17. The van der Waals surface area contributed by atoms with Crippen LogP contribution in [0, 0.1) is 0 Å². The summed E-state index contributed by atoms with van der Waals surface area (Å²) in [5.74, 6) is 1.43. The van der Waals surface area contributed by atoms with Crippen molar-refractivity contribution in [3.05, 3.63) is 58.1 Å². The predicted molar refractivity (Wildman–Crippen MR) is 122 cm³/mol. The Labute approximate surface area is 185 Å². The van der Waals surface area contributed by atoms with Crippen molar-refractivity contribution in [3.8, 4) is 0 Å². The fourth-order valence-electron chi connectivity index (χ4n) is 3.09. The number of ether oxygens (including phenoxy) is 1. The zero-order valence-electron chi connectivity index (χ0n) is 16.5. The summed E-state index contributed by atoms with van der Waals surface area (Å²) in [6.07, 6.45) is 0.990. The van der Waals surface area contributed by atoms with Crippen molar-refractivity contribution in [3.63, 3.8) is 0 Å². The quantitative estimate of drug-likeness (QED) is 0.549. The molecule has 9 heteroatoms. The van der Waals surface area contributed by atoms with E-state index in [1.165, 1.54) is 5.56 Å². The summed E-state index contributed by atoms with van der Waals surface area (Å²) in [7, 11) is 0. The first-order valence-corrected chi connectivity index (χ1v) is 10.5. The third-order valence-corrected chi connectivity index (χ3v) is 5.09. The third kappa shape index (κ3) is 5.30. The van der Waals surface area contributed by atoms with Crippen molar-refractivity contribution in [1.29, 1.82) is 0 Å². The second kappa shape index (κ2) is 9.47. The smallest absolute Gasteiger partial charge is 0.233 e. The second-order valence-electron chi connectivity index (χ2n) is 6.84. The average molecular weight is 445 g/mol. The van der Waals surface area contributed by atoms with Crippen LogP contribution in [0.1, 0.15) is 12.5 Å². The van der Waals surface area contributed by atoms with Gasteiger partial charge >= 0.3 is 0 Å². The maximum absolute atomic E-state index is 6.12. The molecule has 0 aliphatic carbocycles. The average Bonchev–Trinajstić information content (AvgIpc) is 2.74. The van der Waals surface area contributed by atoms with Gasteiger partial charge in [-0.3, -0.25) is 0 Å². The van der Waals surface area contributed by atoms with Gasteiger partial charge in [0.1, 0.15) is 0 Å². The maximum Gasteiger partial charge on any atom is 0.233 e. The van der Waals surface area contributed by atoms with Crippen molar-refractivity contribution in [2.75, 3.05) is 41.8 Å². The van der Waals surface area contributed by atoms with Crippen LogP contribution in [0.3, 0.4) is 0 Å². The topological polar surface area (TPSA) is 75.2 Å². The Hall–Kier alpha value is -2.61. The zero-order valence-corrected chi connectivity index (χ0v) is 18.0. The minimum atomic E-state index is 0.400. The largest absolute Gasteiger partial charge is 0.378 e. The van der Waals surface area contributed by atoms with Crippen LogP contribution in [0.5, 0.6) is 0 Å². The SMILES string of the molecule is CCc1ccc(Nc2nc(Nc3cc(Cl)cc(Cl)c3)nc(N3CCOCC3)n2)cc1. The molecule has 2 aromatic carbocycles. The number of benzene rings is 2. The van der Waals surface area contributed by atoms with Crippen LogP contribution in [0.25, 0.3) is 0 Å². The van der Waals surface area contributed by atoms with Gasteiger partial charge in [0.2, 0.25) is 17.8 Å². The van der Waals surface area contributed by atoms with Crippen molar-refractivity contribution < 1.29 is 4.74 Å². The van der Waals surface area contributed by atoms with Crippen LogP contribution >= 0.6 is 23.2 Å². The Morgan fingerprint density at radius 2 is 1.47 bits per heavy atom. The van der Waals surface area contributed by atoms with Gasteiger partial charge in [0.15, 0.2) is 0 Å². The van der Waals surface area contributed by atoms with Crippen molar-refractivity contribution in [2.24, 2.45) is 0 Å². The summed E-state index contributed by atoms with van der Waals surface area (Å²) in [5, 5.41) is 7.51. The van der Waals surface area contributed by atoms with Crippen LogP contribution in [0.15, 0.2) is 42.5 Å². The molecular weight excluding hydrogens is 423 g/mol. The third-order valence-electron chi connectivity index (χ3n) is 4.65. The molecule has 0 spiro atoms. The normalized spacial score (nSPS) is 13.9. The number of hydrogen-bond acceptors (Lipinski definition) is 7. The van der Waals surface area contributed by atoms with E-state index in [2.05, 4.69) is 49.5 Å². The van der Waals surface area contributed by atoms with Gasteiger partial charge in [-0.1, -0.05) is 42.3 Å². The Morgan fingerprint density at radius 3 is 2.07 bits per heavy atom. The molecule has 1 aliphatic heterocycles. The molecule has 2 heterocycles. The molecule has 156 valence electrons. The van der Waals surface area contributed by atoms with Crippen LogP contribution in [0.2, 0.25) is 10.0 Å². The number of anilines is 5. The number of halogens is 2. The van der Waals surface area contributed by atoms with Gasteiger partial charge in [-0.2, -0.15) is 15.0 Å². The first-order chi connectivity index (χ1) is 14.6. The summed E-state index contributed by atoms with van der Waals surface area (Å²) in [6, 6.07) is 13.4. The minimum absolute atomic E-state index is 0.400. The highest BCUT2D eigenvalue weighted by molar-refractivity contribution is 6.35. The van der Waals surface area contributed by atoms with E-state index in [4.69, 9.17) is 27.9 Å². The molecular formula is C21H22Cl2N6O. The molecule has 0 saturated carbocycles. The van der Waals surface area contributed by atoms with E-state index in [1.807, 2.05) is 12.1 Å². The lowest BCUT2D eigenvalue weighted by Gasteiger charge is -2.27. The molecule has 7 nitrogen and oxygen atoms in total. The second-order valence-corrected chi connectivity index (χ2v) is 7.71. The first kappa shape index (κ1) is 20.7. The van der Waals surface area contributed by atoms with Gasteiger partial charge in [0.05, 0.1) is 13.2 Å². The van der Waals surface area contributed by atoms with Gasteiger partial charge < -0.3 is 20.3 Å². The Bertz CT molecular complexity index is 989. The fourth-order valence-corrected chi connectivity index (χ4v) is 3.62. The van der Waals surface area contributed by atoms with Gasteiger partial charge in [0.25, 0.3) is 0 Å². The highest BCUT2D eigenvalue weighted by atomic mass is 35.5. The van der Waals surface area contributed by atoms with Crippen molar-refractivity contribution in [2.45, 2.75) is 13.3 Å². The van der Waals surface area contributed by atoms with E-state index in [0.29, 0.717) is 46.8 Å². The molecule has 3 aromatic rings. The molecule has 0 atom stereocenters. The van der Waals surface area contributed by atoms with E-state index in [9.17, 15) is 0 Å². The van der Waals surface area contributed by atoms with Crippen LogP contribution in [0.4, 0.5) is 29.2 Å². The van der Waals surface area contributed by atoms with Gasteiger partial charge in [-0.15, -0.1) is 0 Å². The van der Waals surface area contributed by atoms with Gasteiger partial charge in [-0.05, 0) is 42.3 Å². The lowest BCUT2D eigenvalue weighted by molar-refractivity contribution is 0.122. The van der Waals surface area contributed by atoms with E-state index < -0.39 is 0 Å². The number of morpholine rings is 1. The molecule has 0 bridgehead atoms. The summed E-state index contributed by atoms with van der Waals surface area (Å²) in [6.45, 7) is 4.84. The van der Waals surface area contributed by atoms with E-state index in [-0.39, 0.29) is 0 Å². The Kier molecular flexibility index (Phi) is 6.52. The van der Waals surface area contributed by atoms with Crippen molar-refractivity contribution >= 4 is 52.4 Å². The van der Waals surface area contributed by atoms with Gasteiger partial charge in [-0.25, -0.2) is 0 Å². The molecule has 0 radical (unpaired) electrons. The fraction of sp³-hybridized carbons (Fsp3) is 0.286. The summed E-state index contributed by atoms with van der Waals surface area (Å²) in [5.41, 5.74) is 2.87. The molecule has 30 heavy (non-hydrogen) atoms. The molecule has 1 aromatic heterocycles. The first-order valence-electron chi connectivity index (χ1n) is 9.77. The maximum atomic E-state index is 6.12. The van der Waals surface area contributed by atoms with Crippen LogP contribution < -0.4 is 15.5 Å². The number of aromatic nitrogens is 3. The number of nitrogens with one attached hydrogen (secondary N) is 2. The summed E-state index contributed by atoms with van der Waals surface area (Å²) >= 11 is 12.2. The highest BCUT2D eigenvalue weighted by Crippen LogP contribution is 2.26. The Balaban J connectivity index is 1.64. The van der Waals surface area contributed by atoms with Gasteiger partial charge in [0, 0.05) is 34.5 Å². The number of aryl methyl sites for hydroxylation is 1. The standard InChI is InChI=1S/C21H22Cl2N6O/c1-2-14-3-5-17(6-4-14)24-19-26-20(25-18-12-15(22)11-16(23)13-18)28-21(27-19)29-7-9-30-10-8-29/h3-6,11-13H,2,7-10H2,1H3,(H2,24,25,26,27,28). The number of rotatable bonds is 6. The molecule has 2 N–H and O–H groups in total. The molecule has 1 aliphatic rings. The van der Waals surface area contributed by atoms with Crippen molar-refractivity contribution in [1.82, 2.24) is 15.0 Å². The number of nitrogens with zero attached hydrogens (tertiary/aromatic N) is 4. The molecule has 0 amide bonds. The van der Waals surface area contributed by atoms with E-state index in [1.54, 1.807) is 18.2 Å². The molecule has 0 unspecified atom stereocenters. The van der Waals surface area contributed by atoms with E-state index >= 15 is 0 Å². The van der Waals surface area contributed by atoms with Crippen LogP contribution in [-0.4, -0.2) is 41.3 Å². The zero-order chi connectivity index (χ0) is 20.9. The molecule has 4 rings (SSSR count). The monoisotopic (exact) mass is 444 g/mol. The summed E-state index contributed by atoms with van der Waals surface area (Å²) < 4.78 is 5.45. The predicted octanol–water partition coefficient (Wildman–Crippen LogP) is 5.06. The lowest BCUT2D eigenvalue weighted by atomic mass is 10.1. The molecule has 1 fully saturated rings. The minimum Gasteiger partial charge on any atom is -0.378 e.